The maximum Gasteiger partial charge on any atom is 0.153 e. The third kappa shape index (κ3) is 6.27. The molecule has 0 aliphatic carbocycles. The van der Waals surface area contributed by atoms with Gasteiger partial charge in [0.25, 0.3) is 0 Å². The van der Waals surface area contributed by atoms with Crippen LogP contribution in [0.5, 0.6) is 5.75 Å². The Morgan fingerprint density at radius 3 is 1.93 bits per heavy atom. The van der Waals surface area contributed by atoms with Gasteiger partial charge in [-0.1, -0.05) is 26.3 Å². The Labute approximate surface area is 165 Å². The average Bonchev–Trinajstić information content (AvgIpc) is 2.76. The summed E-state index contributed by atoms with van der Waals surface area (Å²) in [6, 6.07) is 8.39. The highest BCUT2D eigenvalue weighted by Gasteiger charge is 2.07. The lowest BCUT2D eigenvalue weighted by molar-refractivity contribution is 0.110. The van der Waals surface area contributed by atoms with Crippen molar-refractivity contribution in [1.82, 2.24) is 0 Å². The molecule has 0 aliphatic heterocycles. The van der Waals surface area contributed by atoms with Crippen molar-refractivity contribution in [1.29, 1.82) is 0 Å². The number of carbonyl (C=O) groups excluding carboxylic acids is 4. The van der Waals surface area contributed by atoms with E-state index in [9.17, 15) is 19.2 Å². The number of aldehydes is 4. The number of rotatable bonds is 9. The number of hydrogen-bond donors (Lipinski definition) is 0. The van der Waals surface area contributed by atoms with Gasteiger partial charge in [0, 0.05) is 16.7 Å². The van der Waals surface area contributed by atoms with Crippen LogP contribution in [0.25, 0.3) is 0 Å². The van der Waals surface area contributed by atoms with Crippen molar-refractivity contribution in [2.24, 2.45) is 0 Å². The number of benzene rings is 2. The molecule has 5 nitrogen and oxygen atoms in total. The maximum absolute atomic E-state index is 10.9. The molecule has 28 heavy (non-hydrogen) atoms. The molecule has 2 aromatic carbocycles. The number of aryl methyl sites for hydroxylation is 2. The normalized spacial score (nSPS) is 9.68. The van der Waals surface area contributed by atoms with Crippen LogP contribution in [0.3, 0.4) is 0 Å². The summed E-state index contributed by atoms with van der Waals surface area (Å²) in [5.41, 5.74) is 4.27. The first-order valence-corrected chi connectivity index (χ1v) is 9.22. The van der Waals surface area contributed by atoms with Crippen LogP contribution in [0, 0.1) is 0 Å². The van der Waals surface area contributed by atoms with Crippen molar-refractivity contribution in [2.45, 2.75) is 39.5 Å². The minimum Gasteiger partial charge on any atom is -0.496 e. The third-order valence-corrected chi connectivity index (χ3v) is 4.35. The van der Waals surface area contributed by atoms with Gasteiger partial charge in [-0.3, -0.25) is 19.2 Å². The summed E-state index contributed by atoms with van der Waals surface area (Å²) >= 11 is 0. The van der Waals surface area contributed by atoms with E-state index in [1.165, 1.54) is 13.2 Å². The Bertz CT molecular complexity index is 824. The lowest BCUT2D eigenvalue weighted by Crippen LogP contribution is -2.00. The summed E-state index contributed by atoms with van der Waals surface area (Å²) in [6.07, 6.45) is 6.94. The van der Waals surface area contributed by atoms with Gasteiger partial charge in [0.05, 0.1) is 12.7 Å². The number of methoxy groups -OCH3 is 1. The van der Waals surface area contributed by atoms with Crippen LogP contribution in [0.2, 0.25) is 0 Å². The van der Waals surface area contributed by atoms with Gasteiger partial charge < -0.3 is 4.74 Å². The molecule has 0 saturated carbocycles. The highest BCUT2D eigenvalue weighted by Crippen LogP contribution is 2.18. The van der Waals surface area contributed by atoms with Crippen molar-refractivity contribution >= 4 is 25.1 Å². The van der Waals surface area contributed by atoms with E-state index >= 15 is 0 Å². The second-order valence-electron chi connectivity index (χ2n) is 6.18. The van der Waals surface area contributed by atoms with Gasteiger partial charge in [0.2, 0.25) is 0 Å². The summed E-state index contributed by atoms with van der Waals surface area (Å²) in [6.45, 7) is 4.15. The molecule has 0 fully saturated rings. The largest absolute Gasteiger partial charge is 0.496 e. The van der Waals surface area contributed by atoms with Crippen LogP contribution in [-0.2, 0) is 12.8 Å². The highest BCUT2D eigenvalue weighted by molar-refractivity contribution is 5.85. The monoisotopic (exact) mass is 382 g/mol. The van der Waals surface area contributed by atoms with Gasteiger partial charge in [0.1, 0.15) is 24.6 Å². The number of carbonyl (C=O) groups is 4. The smallest absolute Gasteiger partial charge is 0.153 e. The van der Waals surface area contributed by atoms with Gasteiger partial charge in [-0.25, -0.2) is 0 Å². The fraction of sp³-hybridized carbons (Fsp3) is 0.304. The van der Waals surface area contributed by atoms with E-state index in [-0.39, 0.29) is 0 Å². The SMILES string of the molecule is CCCCc1cc(CC)c(C=O)cc1C=O.COc1ccc(C=O)cc1C=O. The molecule has 0 unspecified atom stereocenters. The minimum atomic E-state index is 0.391. The summed E-state index contributed by atoms with van der Waals surface area (Å²) < 4.78 is 4.89. The zero-order valence-electron chi connectivity index (χ0n) is 16.6. The molecule has 0 radical (unpaired) electrons. The molecule has 0 amide bonds. The van der Waals surface area contributed by atoms with Gasteiger partial charge in [-0.05, 0) is 54.7 Å². The van der Waals surface area contributed by atoms with E-state index in [0.717, 1.165) is 49.4 Å². The highest BCUT2D eigenvalue weighted by atomic mass is 16.5. The van der Waals surface area contributed by atoms with Crippen LogP contribution in [-0.4, -0.2) is 32.3 Å². The molecular weight excluding hydrogens is 356 g/mol. The average molecular weight is 382 g/mol. The predicted octanol–water partition coefficient (Wildman–Crippen LogP) is 4.54. The van der Waals surface area contributed by atoms with Crippen molar-refractivity contribution in [2.75, 3.05) is 7.11 Å². The Morgan fingerprint density at radius 2 is 1.43 bits per heavy atom. The van der Waals surface area contributed by atoms with Gasteiger partial charge >= 0.3 is 0 Å². The van der Waals surface area contributed by atoms with Crippen molar-refractivity contribution in [3.8, 4) is 5.75 Å². The minimum absolute atomic E-state index is 0.391. The fourth-order valence-corrected chi connectivity index (χ4v) is 2.76. The molecule has 0 N–H and O–H groups in total. The Hall–Kier alpha value is -3.08. The molecule has 0 aromatic heterocycles. The summed E-state index contributed by atoms with van der Waals surface area (Å²) in [5, 5.41) is 0. The topological polar surface area (TPSA) is 77.5 Å². The van der Waals surface area contributed by atoms with Crippen molar-refractivity contribution in [3.05, 3.63) is 63.7 Å². The van der Waals surface area contributed by atoms with Crippen LogP contribution in [0.15, 0.2) is 30.3 Å². The summed E-state index contributed by atoms with van der Waals surface area (Å²) in [7, 11) is 1.48. The second-order valence-corrected chi connectivity index (χ2v) is 6.18. The zero-order valence-corrected chi connectivity index (χ0v) is 16.6. The molecule has 0 bridgehead atoms. The molecular formula is C23H26O5. The molecule has 0 heterocycles. The molecule has 148 valence electrons. The van der Waals surface area contributed by atoms with E-state index in [2.05, 4.69) is 6.92 Å². The number of ether oxygens (including phenoxy) is 1. The van der Waals surface area contributed by atoms with Crippen LogP contribution in [0.1, 0.15) is 79.2 Å². The fourth-order valence-electron chi connectivity index (χ4n) is 2.76. The molecule has 0 aliphatic rings. The van der Waals surface area contributed by atoms with Crippen molar-refractivity contribution < 1.29 is 23.9 Å². The summed E-state index contributed by atoms with van der Waals surface area (Å²) in [5.74, 6) is 0.482. The summed E-state index contributed by atoms with van der Waals surface area (Å²) in [4.78, 5) is 42.6. The molecule has 0 atom stereocenters. The van der Waals surface area contributed by atoms with Crippen LogP contribution >= 0.6 is 0 Å². The van der Waals surface area contributed by atoms with E-state index in [0.29, 0.717) is 40.6 Å². The third-order valence-electron chi connectivity index (χ3n) is 4.35. The lowest BCUT2D eigenvalue weighted by Gasteiger charge is -2.09. The molecule has 0 spiro atoms. The number of hydrogen-bond acceptors (Lipinski definition) is 5. The zero-order chi connectivity index (χ0) is 20.9. The van der Waals surface area contributed by atoms with Gasteiger partial charge in [-0.15, -0.1) is 0 Å². The van der Waals surface area contributed by atoms with Crippen molar-refractivity contribution in [3.63, 3.8) is 0 Å². The van der Waals surface area contributed by atoms with E-state index in [4.69, 9.17) is 4.74 Å². The van der Waals surface area contributed by atoms with Gasteiger partial charge in [-0.2, -0.15) is 0 Å². The molecule has 2 aromatic rings. The lowest BCUT2D eigenvalue weighted by atomic mass is 9.95. The maximum atomic E-state index is 10.9. The Morgan fingerprint density at radius 1 is 0.786 bits per heavy atom. The van der Waals surface area contributed by atoms with E-state index in [1.807, 2.05) is 13.0 Å². The standard InChI is InChI=1S/C14H18O2.C9H8O3/c1-3-5-6-12-7-11(4-2)13(9-15)8-14(12)10-16;1-12-9-3-2-7(5-10)4-8(9)6-11/h7-10H,3-6H2,1-2H3;2-6H,1H3. The predicted molar refractivity (Wildman–Crippen MR) is 109 cm³/mol. The Kier molecular flexibility index (Phi) is 10.1. The van der Waals surface area contributed by atoms with E-state index in [1.54, 1.807) is 18.2 Å². The van der Waals surface area contributed by atoms with Gasteiger partial charge in [0.15, 0.2) is 6.29 Å². The van der Waals surface area contributed by atoms with E-state index < -0.39 is 0 Å². The molecule has 5 heteroatoms. The number of unbranched alkanes of at least 4 members (excludes halogenated alkanes) is 1. The first kappa shape index (κ1) is 23.0. The molecule has 0 saturated heterocycles. The van der Waals surface area contributed by atoms with Crippen LogP contribution in [0.4, 0.5) is 0 Å². The Balaban J connectivity index is 0.000000292. The van der Waals surface area contributed by atoms with Crippen LogP contribution < -0.4 is 4.74 Å². The quantitative estimate of drug-likeness (QED) is 0.595. The first-order chi connectivity index (χ1) is 13.6. The molecule has 2 rings (SSSR count). The second kappa shape index (κ2) is 12.3. The first-order valence-electron chi connectivity index (χ1n) is 9.22.